The van der Waals surface area contributed by atoms with Gasteiger partial charge in [-0.15, -0.1) is 0 Å². The number of halogens is 2. The van der Waals surface area contributed by atoms with Crippen LogP contribution in [0.1, 0.15) is 0 Å². The summed E-state index contributed by atoms with van der Waals surface area (Å²) in [6.45, 7) is 0. The standard InChI is InChI=1S/2C26H16ClOP.H2O/c2*27-17-14-15-21-23(16-17)19-10-4-5-11-20(19)25-22-12-6-7-13-24(22)29(28,26(21)25)18-8-2-1-3-9-18;/h2*1-16H;1H2/t2*29-;/m00./s1. The van der Waals surface area contributed by atoms with Gasteiger partial charge in [-0.1, -0.05) is 193 Å². The zero-order chi connectivity index (χ0) is 39.2. The fourth-order valence-corrected chi connectivity index (χ4v) is 16.4. The van der Waals surface area contributed by atoms with E-state index in [1.165, 1.54) is 0 Å². The van der Waals surface area contributed by atoms with Crippen molar-refractivity contribution in [2.75, 3.05) is 0 Å². The molecule has 7 heteroatoms. The molecule has 0 fully saturated rings. The summed E-state index contributed by atoms with van der Waals surface area (Å²) in [7, 11) is -6.02. The van der Waals surface area contributed by atoms with E-state index < -0.39 is 14.3 Å². The van der Waals surface area contributed by atoms with Gasteiger partial charge in [0.1, 0.15) is 0 Å². The summed E-state index contributed by atoms with van der Waals surface area (Å²) < 4.78 is 29.9. The molecule has 3 nitrogen and oxygen atoms in total. The van der Waals surface area contributed by atoms with Crippen molar-refractivity contribution in [1.29, 1.82) is 0 Å². The van der Waals surface area contributed by atoms with Crippen LogP contribution in [0.5, 0.6) is 0 Å². The van der Waals surface area contributed by atoms with Crippen molar-refractivity contribution in [3.05, 3.63) is 204 Å². The SMILES string of the molecule is O.O=[P@@]1(c2ccccc2)c2ccccc2-c2c1c1ccc(Cl)cc1c1ccccc21.O=[P@@]1(c2ccccc2)c2ccccc2-c2c1c1ccc(Cl)cc1c1ccccc21. The first kappa shape index (κ1) is 37.5. The van der Waals surface area contributed by atoms with Crippen LogP contribution in [0, 0.1) is 0 Å². The summed E-state index contributed by atoms with van der Waals surface area (Å²) in [5.41, 5.74) is 4.34. The number of hydrogen-bond acceptors (Lipinski definition) is 2. The van der Waals surface area contributed by atoms with Crippen LogP contribution < -0.4 is 31.8 Å². The van der Waals surface area contributed by atoms with Crippen LogP contribution in [0.2, 0.25) is 10.0 Å². The molecule has 10 aromatic rings. The van der Waals surface area contributed by atoms with E-state index in [-0.39, 0.29) is 5.48 Å². The molecular weight excluding hydrogens is 805 g/mol. The topological polar surface area (TPSA) is 65.6 Å². The van der Waals surface area contributed by atoms with Crippen molar-refractivity contribution in [3.8, 4) is 22.3 Å². The molecule has 2 atom stereocenters. The molecule has 0 spiro atoms. The van der Waals surface area contributed by atoms with Gasteiger partial charge in [-0.3, -0.25) is 0 Å². The van der Waals surface area contributed by atoms with Crippen LogP contribution in [0.25, 0.3) is 65.3 Å². The number of benzene rings is 10. The van der Waals surface area contributed by atoms with E-state index in [0.717, 1.165) is 97.2 Å². The molecule has 2 aliphatic rings. The lowest BCUT2D eigenvalue weighted by atomic mass is 9.93. The Morgan fingerprint density at radius 1 is 0.322 bits per heavy atom. The summed E-state index contributed by atoms with van der Waals surface area (Å²) in [4.78, 5) is 0. The maximum Gasteiger partial charge on any atom is 0.172 e. The Kier molecular flexibility index (Phi) is 9.03. The molecule has 0 amide bonds. The molecule has 0 radical (unpaired) electrons. The van der Waals surface area contributed by atoms with Crippen molar-refractivity contribution in [2.24, 2.45) is 0 Å². The predicted octanol–water partition coefficient (Wildman–Crippen LogP) is 11.7. The van der Waals surface area contributed by atoms with Crippen LogP contribution in [0.15, 0.2) is 194 Å². The number of fused-ring (bicyclic) bond motifs is 16. The van der Waals surface area contributed by atoms with Gasteiger partial charge in [0.05, 0.1) is 0 Å². The quantitative estimate of drug-likeness (QED) is 0.129. The molecule has 0 saturated heterocycles. The molecule has 12 rings (SSSR count). The Bertz CT molecular complexity index is 3210. The van der Waals surface area contributed by atoms with Crippen LogP contribution in [0.3, 0.4) is 0 Å². The Morgan fingerprint density at radius 3 is 1.07 bits per heavy atom. The Balaban J connectivity index is 0.000000140. The van der Waals surface area contributed by atoms with Gasteiger partial charge in [0.25, 0.3) is 0 Å². The average molecular weight is 840 g/mol. The highest BCUT2D eigenvalue weighted by Gasteiger charge is 2.44. The van der Waals surface area contributed by atoms with Gasteiger partial charge in [0, 0.05) is 53.0 Å². The van der Waals surface area contributed by atoms with Crippen molar-refractivity contribution >= 4 is 112 Å². The maximum absolute atomic E-state index is 15.0. The summed E-state index contributed by atoms with van der Waals surface area (Å²) in [6, 6.07) is 64.6. The van der Waals surface area contributed by atoms with E-state index >= 15 is 0 Å². The monoisotopic (exact) mass is 838 g/mol. The van der Waals surface area contributed by atoms with Gasteiger partial charge >= 0.3 is 0 Å². The summed E-state index contributed by atoms with van der Waals surface area (Å²) in [5.74, 6) is 0. The van der Waals surface area contributed by atoms with Crippen LogP contribution >= 0.6 is 37.5 Å². The first-order valence-corrected chi connectivity index (χ1v) is 23.4. The Labute approximate surface area is 351 Å². The van der Waals surface area contributed by atoms with Crippen molar-refractivity contribution in [1.82, 2.24) is 0 Å². The fraction of sp³-hybridized carbons (Fsp3) is 0. The largest absolute Gasteiger partial charge is 0.412 e. The highest BCUT2D eigenvalue weighted by molar-refractivity contribution is 7.87. The first-order valence-electron chi connectivity index (χ1n) is 19.2. The van der Waals surface area contributed by atoms with Crippen LogP contribution in [-0.2, 0) is 9.13 Å². The smallest absolute Gasteiger partial charge is 0.172 e. The average Bonchev–Trinajstić information content (AvgIpc) is 3.72. The van der Waals surface area contributed by atoms with Gasteiger partial charge in [-0.05, 0) is 78.5 Å². The molecule has 2 aliphatic heterocycles. The van der Waals surface area contributed by atoms with E-state index in [1.807, 2.05) is 158 Å². The van der Waals surface area contributed by atoms with Gasteiger partial charge in [0.15, 0.2) is 14.3 Å². The third kappa shape index (κ3) is 5.40. The Morgan fingerprint density at radius 2 is 0.661 bits per heavy atom. The lowest BCUT2D eigenvalue weighted by Gasteiger charge is -2.19. The molecule has 2 N–H and O–H groups in total. The second kappa shape index (κ2) is 14.2. The molecule has 59 heavy (non-hydrogen) atoms. The second-order valence-corrected chi connectivity index (χ2v) is 21.0. The zero-order valence-corrected chi connectivity index (χ0v) is 34.7. The van der Waals surface area contributed by atoms with Crippen molar-refractivity contribution in [2.45, 2.75) is 0 Å². The number of hydrogen-bond donors (Lipinski definition) is 0. The normalized spacial score (nSPS) is 17.1. The van der Waals surface area contributed by atoms with E-state index in [2.05, 4.69) is 36.4 Å². The lowest BCUT2D eigenvalue weighted by Crippen LogP contribution is -2.21. The highest BCUT2D eigenvalue weighted by atomic mass is 35.5. The van der Waals surface area contributed by atoms with Gasteiger partial charge in [0.2, 0.25) is 0 Å². The molecular formula is C52H34Cl2O3P2. The molecule has 10 aromatic carbocycles. The van der Waals surface area contributed by atoms with Gasteiger partial charge in [-0.25, -0.2) is 0 Å². The molecule has 0 aromatic heterocycles. The molecule has 0 aliphatic carbocycles. The third-order valence-electron chi connectivity index (χ3n) is 11.8. The predicted molar refractivity (Wildman–Crippen MR) is 253 cm³/mol. The highest BCUT2D eigenvalue weighted by Crippen LogP contribution is 2.57. The fourth-order valence-electron chi connectivity index (χ4n) is 9.46. The minimum absolute atomic E-state index is 0. The molecule has 0 saturated carbocycles. The van der Waals surface area contributed by atoms with E-state index in [0.29, 0.717) is 10.0 Å². The van der Waals surface area contributed by atoms with Gasteiger partial charge in [-0.2, -0.15) is 0 Å². The summed E-state index contributed by atoms with van der Waals surface area (Å²) >= 11 is 12.8. The molecule has 2 heterocycles. The van der Waals surface area contributed by atoms with E-state index in [9.17, 15) is 9.13 Å². The lowest BCUT2D eigenvalue weighted by molar-refractivity contribution is 0.592. The minimum Gasteiger partial charge on any atom is -0.412 e. The number of rotatable bonds is 2. The Hall–Kier alpha value is -5.76. The van der Waals surface area contributed by atoms with Crippen LogP contribution in [0.4, 0.5) is 0 Å². The molecule has 0 unspecified atom stereocenters. The zero-order valence-electron chi connectivity index (χ0n) is 31.4. The second-order valence-electron chi connectivity index (χ2n) is 14.8. The summed E-state index contributed by atoms with van der Waals surface area (Å²) in [6.07, 6.45) is 0. The minimum atomic E-state index is -3.01. The van der Waals surface area contributed by atoms with E-state index in [4.69, 9.17) is 23.2 Å². The molecule has 0 bridgehead atoms. The maximum atomic E-state index is 15.0. The summed E-state index contributed by atoms with van der Waals surface area (Å²) in [5, 5.41) is 15.5. The van der Waals surface area contributed by atoms with Crippen molar-refractivity contribution in [3.63, 3.8) is 0 Å². The van der Waals surface area contributed by atoms with Gasteiger partial charge < -0.3 is 14.6 Å². The van der Waals surface area contributed by atoms with Crippen LogP contribution in [-0.4, -0.2) is 5.48 Å². The molecule has 284 valence electrons. The van der Waals surface area contributed by atoms with Crippen molar-refractivity contribution < 1.29 is 14.6 Å². The first-order chi connectivity index (χ1) is 28.4. The van der Waals surface area contributed by atoms with E-state index in [1.54, 1.807) is 0 Å². The third-order valence-corrected chi connectivity index (χ3v) is 18.7.